The molecule has 37 heavy (non-hydrogen) atoms. The van der Waals surface area contributed by atoms with E-state index in [9.17, 15) is 31.2 Å². The van der Waals surface area contributed by atoms with E-state index >= 15 is 0 Å². The Kier molecular flexibility index (Phi) is 11.1. The zero-order chi connectivity index (χ0) is 26.4. The number of carbonyl (C=O) groups is 2. The van der Waals surface area contributed by atoms with Crippen LogP contribution in [0.3, 0.4) is 0 Å². The number of Topliss-reactive ketones (excluding diaryl/α,β-unsaturated/α-hetero) is 1. The molecule has 0 bridgehead atoms. The first-order valence-corrected chi connectivity index (χ1v) is 13.1. The second kappa shape index (κ2) is 13.2. The minimum absolute atomic E-state index is 0. The zero-order valence-electron chi connectivity index (χ0n) is 20.0. The van der Waals surface area contributed by atoms with Gasteiger partial charge in [-0.15, -0.1) is 25.6 Å². The number of alkyl halides is 3. The summed E-state index contributed by atoms with van der Waals surface area (Å²) in [5.74, 6) is -1.68. The lowest BCUT2D eigenvalue weighted by atomic mass is 9.98. The highest BCUT2D eigenvalue weighted by Gasteiger charge is 2.54. The molecule has 0 saturated carbocycles. The lowest BCUT2D eigenvalue weighted by molar-refractivity contribution is -0.274. The van der Waals surface area contributed by atoms with Crippen LogP contribution in [0.25, 0.3) is 0 Å². The maximum Gasteiger partial charge on any atom is 0.573 e. The number of ether oxygens (including phenoxy) is 2. The number of carbonyl (C=O) groups excluding carboxylic acids is 2. The number of benzene rings is 1. The molecule has 15 heteroatoms. The molecule has 0 atom stereocenters. The largest absolute Gasteiger partial charge is 0.573 e. The highest BCUT2D eigenvalue weighted by atomic mass is 35.5. The lowest BCUT2D eigenvalue weighted by Crippen LogP contribution is -2.62. The average molecular weight is 574 g/mol. The maximum atomic E-state index is 13.3. The molecule has 0 unspecified atom stereocenters. The predicted molar refractivity (Wildman–Crippen MR) is 128 cm³/mol. The second-order valence-electron chi connectivity index (χ2n) is 8.75. The lowest BCUT2D eigenvalue weighted by Gasteiger charge is -2.41. The van der Waals surface area contributed by atoms with Gasteiger partial charge in [0.25, 0.3) is 5.91 Å². The molecule has 1 aromatic rings. The fraction of sp³-hybridized carbons (Fsp3) is 0.636. The van der Waals surface area contributed by atoms with Gasteiger partial charge in [-0.2, -0.15) is 4.31 Å². The van der Waals surface area contributed by atoms with E-state index in [1.165, 1.54) is 21.9 Å². The molecule has 0 aromatic heterocycles. The van der Waals surface area contributed by atoms with Crippen molar-refractivity contribution in [2.75, 3.05) is 45.9 Å². The standard InChI is InChI=1S/C22H30F3N3O7S.ClH/c23-22(24,25)35-18-5-3-4-17(16-18)19(29)6-1-2-9-27-10-12-28(13-11-27)36(32,33)21(20(30)26-31)7-14-34-15-8-21;/h3-5,16,31H,1-2,6-15H2,(H,26,30);1H. The van der Waals surface area contributed by atoms with Crippen molar-refractivity contribution in [2.45, 2.75) is 43.2 Å². The summed E-state index contributed by atoms with van der Waals surface area (Å²) in [4.78, 5) is 26.7. The Morgan fingerprint density at radius 1 is 1.11 bits per heavy atom. The van der Waals surface area contributed by atoms with Gasteiger partial charge in [0.15, 0.2) is 10.5 Å². The number of unbranched alkanes of at least 4 members (excludes halogenated alkanes) is 1. The van der Waals surface area contributed by atoms with Crippen LogP contribution in [-0.2, 0) is 19.6 Å². The summed E-state index contributed by atoms with van der Waals surface area (Å²) in [6.45, 7) is 2.09. The molecule has 2 saturated heterocycles. The van der Waals surface area contributed by atoms with E-state index in [1.54, 1.807) is 0 Å². The van der Waals surface area contributed by atoms with Gasteiger partial charge in [0.1, 0.15) is 5.75 Å². The predicted octanol–water partition coefficient (Wildman–Crippen LogP) is 2.36. The van der Waals surface area contributed by atoms with Crippen LogP contribution in [0.4, 0.5) is 13.2 Å². The van der Waals surface area contributed by atoms with Crippen LogP contribution < -0.4 is 10.2 Å². The van der Waals surface area contributed by atoms with Crippen molar-refractivity contribution in [1.29, 1.82) is 0 Å². The summed E-state index contributed by atoms with van der Waals surface area (Å²) in [6, 6.07) is 4.96. The minimum Gasteiger partial charge on any atom is -0.406 e. The zero-order valence-corrected chi connectivity index (χ0v) is 21.7. The summed E-state index contributed by atoms with van der Waals surface area (Å²) >= 11 is 0. The number of hydrogen-bond acceptors (Lipinski definition) is 8. The first-order valence-electron chi connectivity index (χ1n) is 11.6. The third-order valence-corrected chi connectivity index (χ3v) is 9.12. The third kappa shape index (κ3) is 7.77. The molecule has 2 aliphatic rings. The number of nitrogens with zero attached hydrogens (tertiary/aromatic N) is 2. The number of piperazine rings is 1. The van der Waals surface area contributed by atoms with Gasteiger partial charge in [0, 0.05) is 64.2 Å². The van der Waals surface area contributed by atoms with E-state index in [0.29, 0.717) is 32.5 Å². The van der Waals surface area contributed by atoms with Crippen LogP contribution in [0.1, 0.15) is 42.5 Å². The summed E-state index contributed by atoms with van der Waals surface area (Å²) in [7, 11) is -4.03. The Morgan fingerprint density at radius 2 is 1.76 bits per heavy atom. The molecule has 2 N–H and O–H groups in total. The molecule has 2 aliphatic heterocycles. The van der Waals surface area contributed by atoms with Crippen molar-refractivity contribution in [3.8, 4) is 5.75 Å². The summed E-state index contributed by atoms with van der Waals surface area (Å²) in [6.07, 6.45) is -3.60. The van der Waals surface area contributed by atoms with Crippen LogP contribution in [-0.4, -0.2) is 91.6 Å². The van der Waals surface area contributed by atoms with Crippen molar-refractivity contribution in [3.05, 3.63) is 29.8 Å². The molecule has 0 radical (unpaired) electrons. The molecule has 0 spiro atoms. The van der Waals surface area contributed by atoms with Crippen LogP contribution in [0.2, 0.25) is 0 Å². The molecular weight excluding hydrogens is 543 g/mol. The van der Waals surface area contributed by atoms with Crippen LogP contribution in [0.15, 0.2) is 24.3 Å². The minimum atomic E-state index is -4.83. The Labute approximate surface area is 219 Å². The topological polar surface area (TPSA) is 125 Å². The Morgan fingerprint density at radius 3 is 2.35 bits per heavy atom. The Hall–Kier alpha value is -1.97. The van der Waals surface area contributed by atoms with E-state index in [1.807, 2.05) is 0 Å². The molecule has 1 aromatic carbocycles. The van der Waals surface area contributed by atoms with Gasteiger partial charge in [-0.1, -0.05) is 12.1 Å². The second-order valence-corrected chi connectivity index (χ2v) is 11.0. The number of sulfonamides is 1. The maximum absolute atomic E-state index is 13.3. The average Bonchev–Trinajstić information content (AvgIpc) is 2.85. The van der Waals surface area contributed by atoms with Crippen molar-refractivity contribution < 1.29 is 45.9 Å². The molecule has 0 aliphatic carbocycles. The van der Waals surface area contributed by atoms with Gasteiger partial charge in [0.05, 0.1) is 0 Å². The van der Waals surface area contributed by atoms with Gasteiger partial charge in [-0.25, -0.2) is 13.9 Å². The van der Waals surface area contributed by atoms with E-state index in [4.69, 9.17) is 9.94 Å². The van der Waals surface area contributed by atoms with Crippen LogP contribution in [0, 0.1) is 0 Å². The highest BCUT2D eigenvalue weighted by Crippen LogP contribution is 2.33. The number of hydrogen-bond donors (Lipinski definition) is 2. The number of rotatable bonds is 10. The fourth-order valence-corrected chi connectivity index (χ4v) is 6.58. The molecule has 3 rings (SSSR count). The number of halogens is 4. The van der Waals surface area contributed by atoms with Crippen molar-refractivity contribution in [2.24, 2.45) is 0 Å². The van der Waals surface area contributed by atoms with E-state index in [-0.39, 0.29) is 69.3 Å². The Bertz CT molecular complexity index is 1030. The Balaban J connectivity index is 0.00000481. The molecule has 10 nitrogen and oxygen atoms in total. The van der Waals surface area contributed by atoms with Crippen molar-refractivity contribution >= 4 is 34.1 Å². The number of ketones is 1. The highest BCUT2D eigenvalue weighted by molar-refractivity contribution is 7.91. The van der Waals surface area contributed by atoms with Gasteiger partial charge < -0.3 is 14.4 Å². The van der Waals surface area contributed by atoms with Crippen molar-refractivity contribution in [1.82, 2.24) is 14.7 Å². The quantitative estimate of drug-likeness (QED) is 0.189. The number of amides is 1. The molecule has 2 fully saturated rings. The van der Waals surface area contributed by atoms with Crippen molar-refractivity contribution in [3.63, 3.8) is 0 Å². The monoisotopic (exact) mass is 573 g/mol. The summed E-state index contributed by atoms with van der Waals surface area (Å²) in [5.41, 5.74) is 1.65. The van der Waals surface area contributed by atoms with Gasteiger partial charge in [-0.05, 0) is 31.5 Å². The normalized spacial score (nSPS) is 19.0. The fourth-order valence-electron chi connectivity index (χ4n) is 4.48. The molecule has 1 amide bonds. The van der Waals surface area contributed by atoms with Crippen LogP contribution >= 0.6 is 12.4 Å². The van der Waals surface area contributed by atoms with E-state index in [0.717, 1.165) is 12.1 Å². The van der Waals surface area contributed by atoms with E-state index < -0.39 is 32.8 Å². The van der Waals surface area contributed by atoms with Gasteiger partial charge in [0.2, 0.25) is 10.0 Å². The van der Waals surface area contributed by atoms with Crippen LogP contribution in [0.5, 0.6) is 5.75 Å². The van der Waals surface area contributed by atoms with Gasteiger partial charge in [-0.3, -0.25) is 14.8 Å². The molecule has 210 valence electrons. The SMILES string of the molecule is Cl.O=C(CCCCN1CCN(S(=O)(=O)C2(C(=O)NO)CCOCC2)CC1)c1cccc(OC(F)(F)F)c1. The molecular formula is C22H31ClF3N3O7S. The third-order valence-electron chi connectivity index (χ3n) is 6.50. The van der Waals surface area contributed by atoms with E-state index in [2.05, 4.69) is 9.64 Å². The number of nitrogens with one attached hydrogen (secondary N) is 1. The summed E-state index contributed by atoms with van der Waals surface area (Å²) in [5, 5.41) is 9.14. The smallest absolute Gasteiger partial charge is 0.406 e. The summed E-state index contributed by atoms with van der Waals surface area (Å²) < 4.78 is 72.3. The number of hydroxylamine groups is 1. The molecule has 2 heterocycles. The first-order chi connectivity index (χ1) is 17.0. The first kappa shape index (κ1) is 31.2. The van der Waals surface area contributed by atoms with Gasteiger partial charge >= 0.3 is 6.36 Å².